The highest BCUT2D eigenvalue weighted by Gasteiger charge is 2.32. The maximum Gasteiger partial charge on any atom is 0.573 e. The summed E-state index contributed by atoms with van der Waals surface area (Å²) in [5.74, 6) is -0.499. The number of hydrogen-bond acceptors (Lipinski definition) is 5. The Balaban J connectivity index is 1.84. The van der Waals surface area contributed by atoms with E-state index in [1.54, 1.807) is 0 Å². The molecule has 0 radical (unpaired) electrons. The van der Waals surface area contributed by atoms with Gasteiger partial charge in [0.25, 0.3) is 10.0 Å². The fourth-order valence-corrected chi connectivity index (χ4v) is 4.27. The van der Waals surface area contributed by atoms with Crippen molar-refractivity contribution in [3.63, 3.8) is 0 Å². The van der Waals surface area contributed by atoms with Gasteiger partial charge in [-0.05, 0) is 36.4 Å². The van der Waals surface area contributed by atoms with Gasteiger partial charge in [0.1, 0.15) is 5.75 Å². The van der Waals surface area contributed by atoms with Gasteiger partial charge >= 0.3 is 12.5 Å². The number of nitrogens with one attached hydrogen (secondary N) is 1. The number of aromatic nitrogens is 1. The zero-order chi connectivity index (χ0) is 20.7. The fourth-order valence-electron chi connectivity index (χ4n) is 2.14. The third-order valence-corrected chi connectivity index (χ3v) is 5.72. The highest BCUT2D eigenvalue weighted by molar-refractivity contribution is 7.93. The average molecular weight is 442 g/mol. The van der Waals surface area contributed by atoms with Crippen molar-refractivity contribution in [2.75, 3.05) is 4.72 Å². The molecule has 0 atom stereocenters. The summed E-state index contributed by atoms with van der Waals surface area (Å²) in [5.41, 5.74) is -0.798. The summed E-state index contributed by atoms with van der Waals surface area (Å²) in [5, 5.41) is -0.168. The first-order chi connectivity index (χ1) is 12.8. The van der Waals surface area contributed by atoms with E-state index in [9.17, 15) is 34.8 Å². The third kappa shape index (κ3) is 4.65. The second-order valence-electron chi connectivity index (χ2n) is 5.32. The molecule has 3 rings (SSSR count). The van der Waals surface area contributed by atoms with Crippen molar-refractivity contribution in [3.05, 3.63) is 48.0 Å². The number of rotatable bonds is 4. The van der Waals surface area contributed by atoms with Crippen LogP contribution in [0.1, 0.15) is 5.56 Å². The van der Waals surface area contributed by atoms with Gasteiger partial charge in [0.15, 0.2) is 5.13 Å². The molecule has 0 aliphatic rings. The molecule has 1 N–H and O–H groups in total. The minimum absolute atomic E-state index is 0.168. The molecule has 150 valence electrons. The van der Waals surface area contributed by atoms with E-state index in [0.29, 0.717) is 12.1 Å². The molecular formula is C15H8F6N2O3S2. The second kappa shape index (κ2) is 6.81. The molecule has 0 bridgehead atoms. The summed E-state index contributed by atoms with van der Waals surface area (Å²) in [6, 6.07) is 6.08. The van der Waals surface area contributed by atoms with Crippen molar-refractivity contribution in [1.82, 2.24) is 4.98 Å². The van der Waals surface area contributed by atoms with Crippen LogP contribution in [0, 0.1) is 0 Å². The predicted octanol–water partition coefficient (Wildman–Crippen LogP) is 5.01. The van der Waals surface area contributed by atoms with Gasteiger partial charge < -0.3 is 4.74 Å². The Morgan fingerprint density at radius 2 is 1.61 bits per heavy atom. The average Bonchev–Trinajstić information content (AvgIpc) is 2.93. The van der Waals surface area contributed by atoms with Crippen LogP contribution in [0.15, 0.2) is 47.4 Å². The van der Waals surface area contributed by atoms with Crippen LogP contribution < -0.4 is 9.46 Å². The Hall–Kier alpha value is -2.54. The highest BCUT2D eigenvalue weighted by atomic mass is 32.2. The van der Waals surface area contributed by atoms with Gasteiger partial charge in [-0.2, -0.15) is 13.2 Å². The number of hydrogen-bond donors (Lipinski definition) is 1. The molecule has 2 aromatic carbocycles. The smallest absolute Gasteiger partial charge is 0.406 e. The number of anilines is 1. The second-order valence-corrected chi connectivity index (χ2v) is 8.04. The summed E-state index contributed by atoms with van der Waals surface area (Å²) < 4.78 is 105. The Bertz CT molecular complexity index is 1110. The van der Waals surface area contributed by atoms with E-state index in [-0.39, 0.29) is 15.3 Å². The highest BCUT2D eigenvalue weighted by Crippen LogP contribution is 2.33. The predicted molar refractivity (Wildman–Crippen MR) is 88.6 cm³/mol. The Kier molecular flexibility index (Phi) is 4.91. The summed E-state index contributed by atoms with van der Waals surface area (Å²) in [6.07, 6.45) is -9.50. The lowest BCUT2D eigenvalue weighted by atomic mass is 10.2. The molecule has 3 aromatic rings. The molecule has 0 saturated carbocycles. The van der Waals surface area contributed by atoms with Crippen LogP contribution in [-0.4, -0.2) is 19.8 Å². The quantitative estimate of drug-likeness (QED) is 0.577. The van der Waals surface area contributed by atoms with E-state index in [0.717, 1.165) is 35.6 Å². The van der Waals surface area contributed by atoms with Crippen molar-refractivity contribution in [2.45, 2.75) is 17.4 Å². The van der Waals surface area contributed by atoms with E-state index in [4.69, 9.17) is 0 Å². The van der Waals surface area contributed by atoms with Gasteiger partial charge in [-0.3, -0.25) is 4.72 Å². The molecule has 0 saturated heterocycles. The number of benzene rings is 2. The molecule has 28 heavy (non-hydrogen) atoms. The molecule has 0 spiro atoms. The molecule has 5 nitrogen and oxygen atoms in total. The molecule has 1 aromatic heterocycles. The summed E-state index contributed by atoms with van der Waals surface area (Å²) in [4.78, 5) is 3.50. The first-order valence-corrected chi connectivity index (χ1v) is 9.50. The zero-order valence-corrected chi connectivity index (χ0v) is 14.9. The Morgan fingerprint density at radius 3 is 2.18 bits per heavy atom. The van der Waals surface area contributed by atoms with E-state index >= 15 is 0 Å². The van der Waals surface area contributed by atoms with E-state index in [1.165, 1.54) is 6.07 Å². The van der Waals surface area contributed by atoms with Crippen LogP contribution in [0.25, 0.3) is 10.2 Å². The van der Waals surface area contributed by atoms with Gasteiger partial charge in [-0.15, -0.1) is 13.2 Å². The van der Waals surface area contributed by atoms with Crippen molar-refractivity contribution < 1.29 is 39.5 Å². The first-order valence-electron chi connectivity index (χ1n) is 7.20. The summed E-state index contributed by atoms with van der Waals surface area (Å²) in [6.45, 7) is 0. The maximum absolute atomic E-state index is 12.6. The van der Waals surface area contributed by atoms with Crippen LogP contribution in [-0.2, 0) is 16.2 Å². The number of ether oxygens (including phenoxy) is 1. The standard InChI is InChI=1S/C15H8F6N2O3S2/c16-14(17,18)8-1-4-10(5-2-8)28(24,25)23-13-22-11-6-3-9(7-12(11)27-13)26-15(19,20)21/h1-7H,(H,22,23). The number of sulfonamides is 1. The molecule has 1 heterocycles. The fraction of sp³-hybridized carbons (Fsp3) is 0.133. The zero-order valence-electron chi connectivity index (χ0n) is 13.3. The first kappa shape index (κ1) is 20.2. The molecule has 0 aliphatic carbocycles. The Labute approximate surface area is 157 Å². The van der Waals surface area contributed by atoms with E-state index in [2.05, 4.69) is 14.4 Å². The summed E-state index contributed by atoms with van der Waals surface area (Å²) >= 11 is 0.738. The van der Waals surface area contributed by atoms with Crippen LogP contribution in [0.3, 0.4) is 0 Å². The topological polar surface area (TPSA) is 68.3 Å². The Morgan fingerprint density at radius 1 is 0.964 bits per heavy atom. The van der Waals surface area contributed by atoms with Gasteiger partial charge in [-0.1, -0.05) is 11.3 Å². The monoisotopic (exact) mass is 442 g/mol. The van der Waals surface area contributed by atoms with Crippen molar-refractivity contribution >= 4 is 36.7 Å². The lowest BCUT2D eigenvalue weighted by molar-refractivity contribution is -0.274. The van der Waals surface area contributed by atoms with Crippen LogP contribution in [0.4, 0.5) is 31.5 Å². The lowest BCUT2D eigenvalue weighted by Gasteiger charge is -2.08. The molecule has 0 fully saturated rings. The molecule has 0 amide bonds. The van der Waals surface area contributed by atoms with Gasteiger partial charge in [0.2, 0.25) is 0 Å². The maximum atomic E-state index is 12.6. The SMILES string of the molecule is O=S(=O)(Nc1nc2ccc(OC(F)(F)F)cc2s1)c1ccc(C(F)(F)F)cc1. The minimum Gasteiger partial charge on any atom is -0.406 e. The molecular weight excluding hydrogens is 434 g/mol. The van der Waals surface area contributed by atoms with E-state index < -0.39 is 38.8 Å². The minimum atomic E-state index is -4.88. The van der Waals surface area contributed by atoms with Crippen molar-refractivity contribution in [2.24, 2.45) is 0 Å². The van der Waals surface area contributed by atoms with Crippen molar-refractivity contribution in [1.29, 1.82) is 0 Å². The number of fused-ring (bicyclic) bond motifs is 1. The van der Waals surface area contributed by atoms with E-state index in [1.807, 2.05) is 0 Å². The number of halogens is 6. The molecule has 0 aliphatic heterocycles. The largest absolute Gasteiger partial charge is 0.573 e. The third-order valence-electron chi connectivity index (χ3n) is 3.31. The number of alkyl halides is 6. The number of nitrogens with zero attached hydrogens (tertiary/aromatic N) is 1. The van der Waals surface area contributed by atoms with Crippen LogP contribution in [0.5, 0.6) is 5.75 Å². The van der Waals surface area contributed by atoms with Gasteiger partial charge in [0.05, 0.1) is 20.7 Å². The summed E-state index contributed by atoms with van der Waals surface area (Å²) in [7, 11) is -4.24. The number of thiazole rings is 1. The van der Waals surface area contributed by atoms with Crippen LogP contribution >= 0.6 is 11.3 Å². The van der Waals surface area contributed by atoms with Gasteiger partial charge in [-0.25, -0.2) is 13.4 Å². The van der Waals surface area contributed by atoms with Crippen LogP contribution in [0.2, 0.25) is 0 Å². The van der Waals surface area contributed by atoms with Crippen molar-refractivity contribution in [3.8, 4) is 5.75 Å². The molecule has 0 unspecified atom stereocenters. The molecule has 13 heteroatoms. The normalized spacial score (nSPS) is 12.9. The lowest BCUT2D eigenvalue weighted by Crippen LogP contribution is -2.16. The van der Waals surface area contributed by atoms with Gasteiger partial charge in [0, 0.05) is 6.07 Å².